The van der Waals surface area contributed by atoms with E-state index in [1.165, 1.54) is 25.7 Å². The van der Waals surface area contributed by atoms with Crippen LogP contribution < -0.4 is 10.6 Å². The Hall–Kier alpha value is -0.770. The van der Waals surface area contributed by atoms with E-state index in [0.717, 1.165) is 19.0 Å². The number of amides is 1. The molecule has 4 nitrogen and oxygen atoms in total. The lowest BCUT2D eigenvalue weighted by atomic mass is 10.2. The van der Waals surface area contributed by atoms with Crippen LogP contribution in [-0.2, 0) is 4.74 Å². The number of carbonyl (C=O) groups excluding carboxylic acids is 1. The van der Waals surface area contributed by atoms with Crippen molar-refractivity contribution in [2.24, 2.45) is 5.92 Å². The summed E-state index contributed by atoms with van der Waals surface area (Å²) in [5, 5.41) is 6.04. The first-order valence-corrected chi connectivity index (χ1v) is 6.65. The molecule has 1 fully saturated rings. The molecule has 0 aromatic rings. The Kier molecular flexibility index (Phi) is 5.75. The van der Waals surface area contributed by atoms with Crippen molar-refractivity contribution >= 4 is 6.09 Å². The Bertz CT molecular complexity index is 232. The van der Waals surface area contributed by atoms with Gasteiger partial charge in [0, 0.05) is 13.1 Å². The number of carbonyl (C=O) groups is 1. The Labute approximate surface area is 104 Å². The van der Waals surface area contributed by atoms with Gasteiger partial charge in [0.05, 0.1) is 0 Å². The topological polar surface area (TPSA) is 50.4 Å². The summed E-state index contributed by atoms with van der Waals surface area (Å²) in [7, 11) is 0. The fraction of sp³-hybridized carbons (Fsp3) is 0.923. The van der Waals surface area contributed by atoms with Crippen LogP contribution in [-0.4, -0.2) is 31.3 Å². The van der Waals surface area contributed by atoms with Gasteiger partial charge < -0.3 is 15.4 Å². The second-order valence-electron chi connectivity index (χ2n) is 5.76. The largest absolute Gasteiger partial charge is 0.444 e. The summed E-state index contributed by atoms with van der Waals surface area (Å²) in [6.07, 6.45) is 5.13. The van der Waals surface area contributed by atoms with Crippen LogP contribution in [0, 0.1) is 5.92 Å². The molecule has 17 heavy (non-hydrogen) atoms. The maximum atomic E-state index is 11.3. The van der Waals surface area contributed by atoms with E-state index in [2.05, 4.69) is 10.6 Å². The SMILES string of the molecule is CC(C)(C)OC(=O)NCCNCCCC1CC1. The molecular weight excluding hydrogens is 216 g/mol. The lowest BCUT2D eigenvalue weighted by Crippen LogP contribution is -2.36. The molecule has 0 atom stereocenters. The summed E-state index contributed by atoms with van der Waals surface area (Å²) in [4.78, 5) is 11.3. The van der Waals surface area contributed by atoms with Crippen LogP contribution in [0.5, 0.6) is 0 Å². The average molecular weight is 242 g/mol. The molecule has 1 amide bonds. The van der Waals surface area contributed by atoms with Gasteiger partial charge in [-0.15, -0.1) is 0 Å². The first-order chi connectivity index (χ1) is 7.97. The summed E-state index contributed by atoms with van der Waals surface area (Å²) < 4.78 is 5.13. The smallest absolute Gasteiger partial charge is 0.407 e. The Morgan fingerprint density at radius 2 is 1.94 bits per heavy atom. The fourth-order valence-corrected chi connectivity index (χ4v) is 1.61. The predicted molar refractivity (Wildman–Crippen MR) is 69.1 cm³/mol. The van der Waals surface area contributed by atoms with Crippen molar-refractivity contribution in [2.75, 3.05) is 19.6 Å². The molecule has 0 heterocycles. The van der Waals surface area contributed by atoms with E-state index >= 15 is 0 Å². The zero-order chi connectivity index (χ0) is 12.7. The molecule has 0 radical (unpaired) electrons. The molecule has 0 unspecified atom stereocenters. The monoisotopic (exact) mass is 242 g/mol. The zero-order valence-corrected chi connectivity index (χ0v) is 11.3. The number of nitrogens with one attached hydrogen (secondary N) is 2. The predicted octanol–water partition coefficient (Wildman–Crippen LogP) is 2.29. The number of hydrogen-bond donors (Lipinski definition) is 2. The van der Waals surface area contributed by atoms with Gasteiger partial charge in [0.15, 0.2) is 0 Å². The lowest BCUT2D eigenvalue weighted by Gasteiger charge is -2.19. The van der Waals surface area contributed by atoms with Gasteiger partial charge in [0.1, 0.15) is 5.60 Å². The van der Waals surface area contributed by atoms with Gasteiger partial charge in [-0.25, -0.2) is 4.79 Å². The molecule has 1 rings (SSSR count). The summed E-state index contributed by atoms with van der Waals surface area (Å²) in [5.74, 6) is 1.01. The molecule has 0 aliphatic heterocycles. The van der Waals surface area contributed by atoms with E-state index in [4.69, 9.17) is 4.74 Å². The molecule has 0 aromatic carbocycles. The van der Waals surface area contributed by atoms with E-state index < -0.39 is 5.60 Å². The summed E-state index contributed by atoms with van der Waals surface area (Å²) in [5.41, 5.74) is -0.415. The van der Waals surface area contributed by atoms with Crippen molar-refractivity contribution in [1.29, 1.82) is 0 Å². The number of hydrogen-bond acceptors (Lipinski definition) is 3. The molecule has 1 aliphatic rings. The number of rotatable bonds is 7. The molecular formula is C13H26N2O2. The van der Waals surface area contributed by atoms with Gasteiger partial charge in [-0.3, -0.25) is 0 Å². The average Bonchev–Trinajstić information content (AvgIpc) is 2.97. The Balaban J connectivity index is 1.84. The maximum Gasteiger partial charge on any atom is 0.407 e. The Morgan fingerprint density at radius 1 is 1.24 bits per heavy atom. The van der Waals surface area contributed by atoms with Gasteiger partial charge in [-0.05, 0) is 46.1 Å². The zero-order valence-electron chi connectivity index (χ0n) is 11.3. The van der Waals surface area contributed by atoms with Crippen molar-refractivity contribution in [3.63, 3.8) is 0 Å². The standard InChI is InChI=1S/C13H26N2O2/c1-13(2,3)17-12(16)15-10-9-14-8-4-5-11-6-7-11/h11,14H,4-10H2,1-3H3,(H,15,16). The van der Waals surface area contributed by atoms with Crippen LogP contribution in [0.25, 0.3) is 0 Å². The minimum absolute atomic E-state index is 0.336. The molecule has 100 valence electrons. The molecule has 2 N–H and O–H groups in total. The lowest BCUT2D eigenvalue weighted by molar-refractivity contribution is 0.0528. The summed E-state index contributed by atoms with van der Waals surface area (Å²) in [6, 6.07) is 0. The second kappa shape index (κ2) is 6.84. The van der Waals surface area contributed by atoms with Gasteiger partial charge in [0.25, 0.3) is 0 Å². The maximum absolute atomic E-state index is 11.3. The van der Waals surface area contributed by atoms with Crippen LogP contribution in [0.4, 0.5) is 4.79 Å². The molecule has 0 aromatic heterocycles. The fourth-order valence-electron chi connectivity index (χ4n) is 1.61. The minimum Gasteiger partial charge on any atom is -0.444 e. The quantitative estimate of drug-likeness (QED) is 0.673. The van der Waals surface area contributed by atoms with Crippen LogP contribution in [0.3, 0.4) is 0 Å². The number of alkyl carbamates (subject to hydrolysis) is 1. The summed E-state index contributed by atoms with van der Waals surface area (Å²) >= 11 is 0. The van der Waals surface area contributed by atoms with Crippen LogP contribution in [0.1, 0.15) is 46.5 Å². The van der Waals surface area contributed by atoms with Crippen molar-refractivity contribution in [2.45, 2.75) is 52.1 Å². The third-order valence-electron chi connectivity index (χ3n) is 2.63. The molecule has 4 heteroatoms. The Morgan fingerprint density at radius 3 is 2.53 bits per heavy atom. The van der Waals surface area contributed by atoms with Gasteiger partial charge in [0.2, 0.25) is 0 Å². The highest BCUT2D eigenvalue weighted by molar-refractivity contribution is 5.67. The molecule has 0 bridgehead atoms. The van der Waals surface area contributed by atoms with Crippen LogP contribution in [0.15, 0.2) is 0 Å². The third kappa shape index (κ3) is 8.98. The van der Waals surface area contributed by atoms with E-state index in [1.807, 2.05) is 20.8 Å². The summed E-state index contributed by atoms with van der Waals surface area (Å²) in [6.45, 7) is 8.07. The highest BCUT2D eigenvalue weighted by Crippen LogP contribution is 2.33. The van der Waals surface area contributed by atoms with E-state index in [-0.39, 0.29) is 6.09 Å². The van der Waals surface area contributed by atoms with Crippen molar-refractivity contribution in [3.05, 3.63) is 0 Å². The van der Waals surface area contributed by atoms with E-state index in [0.29, 0.717) is 6.54 Å². The first-order valence-electron chi connectivity index (χ1n) is 6.65. The van der Waals surface area contributed by atoms with E-state index in [1.54, 1.807) is 0 Å². The molecule has 0 saturated heterocycles. The first kappa shape index (κ1) is 14.3. The van der Waals surface area contributed by atoms with Gasteiger partial charge in [-0.2, -0.15) is 0 Å². The van der Waals surface area contributed by atoms with Crippen molar-refractivity contribution in [1.82, 2.24) is 10.6 Å². The molecule has 1 saturated carbocycles. The van der Waals surface area contributed by atoms with E-state index in [9.17, 15) is 4.79 Å². The van der Waals surface area contributed by atoms with Gasteiger partial charge in [-0.1, -0.05) is 12.8 Å². The van der Waals surface area contributed by atoms with Crippen LogP contribution in [0.2, 0.25) is 0 Å². The molecule has 1 aliphatic carbocycles. The van der Waals surface area contributed by atoms with Gasteiger partial charge >= 0.3 is 6.09 Å². The highest BCUT2D eigenvalue weighted by atomic mass is 16.6. The molecule has 0 spiro atoms. The van der Waals surface area contributed by atoms with Crippen molar-refractivity contribution in [3.8, 4) is 0 Å². The minimum atomic E-state index is -0.415. The third-order valence-corrected chi connectivity index (χ3v) is 2.63. The highest BCUT2D eigenvalue weighted by Gasteiger charge is 2.19. The van der Waals surface area contributed by atoms with Crippen molar-refractivity contribution < 1.29 is 9.53 Å². The normalized spacial score (nSPS) is 15.7. The number of ether oxygens (including phenoxy) is 1. The second-order valence-corrected chi connectivity index (χ2v) is 5.76. The van der Waals surface area contributed by atoms with Crippen LogP contribution >= 0.6 is 0 Å².